The van der Waals surface area contributed by atoms with Gasteiger partial charge in [-0.2, -0.15) is 13.9 Å². The predicted octanol–water partition coefficient (Wildman–Crippen LogP) is 5.59. The summed E-state index contributed by atoms with van der Waals surface area (Å²) in [5.74, 6) is -5.48. The molecule has 0 saturated carbocycles. The van der Waals surface area contributed by atoms with Gasteiger partial charge in [-0.25, -0.2) is 13.5 Å². The molecule has 10 heteroatoms. The molecule has 0 saturated heterocycles. The van der Waals surface area contributed by atoms with E-state index in [1.807, 2.05) is 0 Å². The van der Waals surface area contributed by atoms with Crippen molar-refractivity contribution < 1.29 is 31.8 Å². The van der Waals surface area contributed by atoms with Gasteiger partial charge >= 0.3 is 5.92 Å². The van der Waals surface area contributed by atoms with Gasteiger partial charge in [0.05, 0.1) is 30.6 Å². The molecule has 0 spiro atoms. The molecule has 0 aliphatic heterocycles. The first-order valence-corrected chi connectivity index (χ1v) is 11.0. The number of hydrogen-bond donors (Lipinski definition) is 1. The van der Waals surface area contributed by atoms with E-state index in [0.29, 0.717) is 29.3 Å². The van der Waals surface area contributed by atoms with Crippen molar-refractivity contribution in [3.63, 3.8) is 0 Å². The second kappa shape index (κ2) is 9.88. The van der Waals surface area contributed by atoms with Gasteiger partial charge in [0.25, 0.3) is 5.91 Å². The van der Waals surface area contributed by atoms with Crippen molar-refractivity contribution >= 4 is 16.8 Å². The number of rotatable bonds is 8. The molecule has 3 aromatic carbocycles. The third-order valence-electron chi connectivity index (χ3n) is 5.58. The molecular weight excluding hydrogens is 478 g/mol. The number of nitrogens with zero attached hydrogens (tertiary/aromatic N) is 2. The van der Waals surface area contributed by atoms with E-state index in [9.17, 15) is 22.4 Å². The molecule has 1 amide bonds. The van der Waals surface area contributed by atoms with Crippen LogP contribution in [0.5, 0.6) is 11.5 Å². The summed E-state index contributed by atoms with van der Waals surface area (Å²) in [6.45, 7) is 1.96. The minimum Gasteiger partial charge on any atom is -0.496 e. The maximum absolute atomic E-state index is 14.1. The Morgan fingerprint density at radius 1 is 1.03 bits per heavy atom. The van der Waals surface area contributed by atoms with Crippen molar-refractivity contribution in [3.05, 3.63) is 84.1 Å². The number of carbonyl (C=O) groups excluding carboxylic acids is 1. The smallest absolute Gasteiger partial charge is 0.321 e. The molecule has 36 heavy (non-hydrogen) atoms. The molecule has 4 aromatic rings. The SMILES string of the molecule is COc1ccc(F)cc1[C@H](Oc1ccc2c(cnn2-c2ccc(F)cc2)c1)[C@H](C)NC(=O)C(C)(F)F. The number of methoxy groups -OCH3 is 1. The summed E-state index contributed by atoms with van der Waals surface area (Å²) in [7, 11) is 1.38. The quantitative estimate of drug-likeness (QED) is 0.320. The average molecular weight is 501 g/mol. The summed E-state index contributed by atoms with van der Waals surface area (Å²) in [5, 5.41) is 7.26. The lowest BCUT2D eigenvalue weighted by Crippen LogP contribution is -2.46. The number of nitrogens with one attached hydrogen (secondary N) is 1. The third kappa shape index (κ3) is 5.27. The Morgan fingerprint density at radius 3 is 2.39 bits per heavy atom. The fraction of sp³-hybridized carbons (Fsp3) is 0.231. The monoisotopic (exact) mass is 501 g/mol. The molecule has 2 atom stereocenters. The summed E-state index contributed by atoms with van der Waals surface area (Å²) >= 11 is 0. The highest BCUT2D eigenvalue weighted by atomic mass is 19.3. The average Bonchev–Trinajstić information content (AvgIpc) is 3.25. The van der Waals surface area contributed by atoms with Crippen molar-refractivity contribution in [2.45, 2.75) is 31.9 Å². The Kier molecular flexibility index (Phi) is 6.87. The molecule has 0 bridgehead atoms. The van der Waals surface area contributed by atoms with E-state index < -0.39 is 29.8 Å². The number of amides is 1. The van der Waals surface area contributed by atoms with Gasteiger partial charge in [-0.05, 0) is 67.6 Å². The molecule has 4 rings (SSSR count). The number of halogens is 4. The van der Waals surface area contributed by atoms with Gasteiger partial charge in [-0.1, -0.05) is 0 Å². The summed E-state index contributed by atoms with van der Waals surface area (Å²) < 4.78 is 67.6. The summed E-state index contributed by atoms with van der Waals surface area (Å²) in [4.78, 5) is 12.0. The van der Waals surface area contributed by atoms with Crippen LogP contribution in [0.1, 0.15) is 25.5 Å². The molecule has 0 unspecified atom stereocenters. The van der Waals surface area contributed by atoms with Crippen molar-refractivity contribution in [2.24, 2.45) is 0 Å². The molecule has 188 valence electrons. The highest BCUT2D eigenvalue weighted by molar-refractivity contribution is 5.83. The van der Waals surface area contributed by atoms with Crippen LogP contribution in [0, 0.1) is 11.6 Å². The maximum atomic E-state index is 14.1. The summed E-state index contributed by atoms with van der Waals surface area (Å²) in [6.07, 6.45) is 0.512. The molecular formula is C26H23F4N3O3. The van der Waals surface area contributed by atoms with Gasteiger partial charge in [0.2, 0.25) is 0 Å². The number of hydrogen-bond acceptors (Lipinski definition) is 4. The predicted molar refractivity (Wildman–Crippen MR) is 126 cm³/mol. The number of ether oxygens (including phenoxy) is 2. The van der Waals surface area contributed by atoms with Crippen LogP contribution < -0.4 is 14.8 Å². The molecule has 0 aliphatic carbocycles. The molecule has 0 fully saturated rings. The van der Waals surface area contributed by atoms with Gasteiger partial charge in [-0.3, -0.25) is 4.79 Å². The van der Waals surface area contributed by atoms with Gasteiger partial charge in [0.15, 0.2) is 0 Å². The van der Waals surface area contributed by atoms with E-state index in [1.54, 1.807) is 41.2 Å². The Morgan fingerprint density at radius 2 is 1.72 bits per heavy atom. The van der Waals surface area contributed by atoms with Gasteiger partial charge in [0, 0.05) is 17.9 Å². The van der Waals surface area contributed by atoms with Crippen LogP contribution in [0.4, 0.5) is 17.6 Å². The minimum atomic E-state index is -3.61. The first kappa shape index (κ1) is 25.0. The molecule has 6 nitrogen and oxygen atoms in total. The van der Waals surface area contributed by atoms with Gasteiger partial charge in [0.1, 0.15) is 29.2 Å². The zero-order valence-electron chi connectivity index (χ0n) is 19.6. The molecule has 1 aromatic heterocycles. The van der Waals surface area contributed by atoms with Crippen molar-refractivity contribution in [1.29, 1.82) is 0 Å². The van der Waals surface area contributed by atoms with Crippen molar-refractivity contribution in [2.75, 3.05) is 7.11 Å². The first-order valence-electron chi connectivity index (χ1n) is 11.0. The van der Waals surface area contributed by atoms with Gasteiger partial charge in [-0.15, -0.1) is 0 Å². The number of fused-ring (bicyclic) bond motifs is 1. The van der Waals surface area contributed by atoms with Crippen molar-refractivity contribution in [1.82, 2.24) is 15.1 Å². The Balaban J connectivity index is 1.70. The van der Waals surface area contributed by atoms with E-state index in [2.05, 4.69) is 10.4 Å². The van der Waals surface area contributed by atoms with E-state index in [-0.39, 0.29) is 17.1 Å². The fourth-order valence-corrected chi connectivity index (χ4v) is 3.79. The zero-order chi connectivity index (χ0) is 26.0. The first-order chi connectivity index (χ1) is 17.1. The van der Waals surface area contributed by atoms with E-state index in [0.717, 1.165) is 0 Å². The van der Waals surface area contributed by atoms with Crippen LogP contribution in [0.15, 0.2) is 66.9 Å². The Labute approximate surface area is 204 Å². The fourth-order valence-electron chi connectivity index (χ4n) is 3.79. The lowest BCUT2D eigenvalue weighted by atomic mass is 10.0. The molecule has 0 aliphatic rings. The van der Waals surface area contributed by atoms with Crippen LogP contribution in [0.2, 0.25) is 0 Å². The van der Waals surface area contributed by atoms with Crippen LogP contribution in [-0.4, -0.2) is 34.8 Å². The van der Waals surface area contributed by atoms with Gasteiger partial charge < -0.3 is 14.8 Å². The topological polar surface area (TPSA) is 65.4 Å². The number of alkyl halides is 2. The highest BCUT2D eigenvalue weighted by Crippen LogP contribution is 2.34. The second-order valence-electron chi connectivity index (χ2n) is 8.33. The van der Waals surface area contributed by atoms with Crippen LogP contribution in [-0.2, 0) is 4.79 Å². The van der Waals surface area contributed by atoms with E-state index in [1.165, 1.54) is 44.4 Å². The largest absolute Gasteiger partial charge is 0.496 e. The maximum Gasteiger partial charge on any atom is 0.321 e. The number of aromatic nitrogens is 2. The highest BCUT2D eigenvalue weighted by Gasteiger charge is 2.36. The molecule has 1 N–H and O–H groups in total. The molecule has 1 heterocycles. The molecule has 0 radical (unpaired) electrons. The van der Waals surface area contributed by atoms with Crippen LogP contribution in [0.3, 0.4) is 0 Å². The van der Waals surface area contributed by atoms with E-state index in [4.69, 9.17) is 9.47 Å². The lowest BCUT2D eigenvalue weighted by Gasteiger charge is -2.28. The normalized spacial score (nSPS) is 13.3. The number of carbonyl (C=O) groups is 1. The van der Waals surface area contributed by atoms with E-state index >= 15 is 0 Å². The minimum absolute atomic E-state index is 0.229. The third-order valence-corrected chi connectivity index (χ3v) is 5.58. The van der Waals surface area contributed by atoms with Crippen LogP contribution >= 0.6 is 0 Å². The summed E-state index contributed by atoms with van der Waals surface area (Å²) in [5.41, 5.74) is 1.59. The Bertz CT molecular complexity index is 1380. The second-order valence-corrected chi connectivity index (χ2v) is 8.33. The summed E-state index contributed by atoms with van der Waals surface area (Å²) in [6, 6.07) is 13.6. The number of benzene rings is 3. The standard InChI is InChI=1S/C26H23F4N3O3/c1-15(32-25(34)26(2,29)30)24(21-13-18(28)6-11-23(21)35-3)36-20-9-10-22-16(12-20)14-31-33(22)19-7-4-17(27)5-8-19/h4-15,24H,1-3H3,(H,32,34)/t15-,24+/m0/s1. The van der Waals surface area contributed by atoms with Crippen molar-refractivity contribution in [3.8, 4) is 17.2 Å². The zero-order valence-corrected chi connectivity index (χ0v) is 19.6. The Hall–Kier alpha value is -4.08. The van der Waals surface area contributed by atoms with Crippen LogP contribution in [0.25, 0.3) is 16.6 Å². The lowest BCUT2D eigenvalue weighted by molar-refractivity contribution is -0.144.